The normalized spacial score (nSPS) is 22.8. The molecule has 18 nitrogen and oxygen atoms in total. The molecule has 5 aromatic rings. The molecule has 1 aliphatic heterocycles. The van der Waals surface area contributed by atoms with E-state index in [2.05, 4.69) is 21.3 Å². The van der Waals surface area contributed by atoms with E-state index in [0.29, 0.717) is 36.0 Å². The monoisotopic (exact) mass is 1190 g/mol. The van der Waals surface area contributed by atoms with E-state index in [4.69, 9.17) is 5.73 Å². The summed E-state index contributed by atoms with van der Waals surface area (Å²) in [6.45, 7) is 5.42. The van der Waals surface area contributed by atoms with Crippen molar-refractivity contribution in [2.24, 2.45) is 29.4 Å². The molecule has 0 spiro atoms. The third-order valence-electron chi connectivity index (χ3n) is 15.0. The number of phenols is 1. The predicted octanol–water partition coefficient (Wildman–Crippen LogP) is 6.42. The number of rotatable bonds is 16. The first-order chi connectivity index (χ1) is 40.2. The molecule has 0 radical (unpaired) electrons. The number of nitrogens with one attached hydrogen (secondary N) is 4. The Morgan fingerprint density at radius 1 is 0.595 bits per heavy atom. The average Bonchev–Trinajstić information content (AvgIpc) is 3.53. The maximum Gasteiger partial charge on any atom is 0.307 e. The number of carbonyl (C=O) groups is 9. The van der Waals surface area contributed by atoms with E-state index >= 15 is 9.59 Å². The highest BCUT2D eigenvalue weighted by Crippen LogP contribution is 2.31. The average molecular weight is 1190 g/mol. The van der Waals surface area contributed by atoms with Crippen LogP contribution in [0, 0.1) is 23.7 Å². The fraction of sp³-hybridized carbons (Fsp3) is 0.422. The number of nitrogens with zero attached hydrogens (tertiary/aromatic N) is 1. The topological polar surface area (TPSA) is 292 Å². The van der Waals surface area contributed by atoms with E-state index in [1.54, 1.807) is 91.0 Å². The van der Waals surface area contributed by atoms with Crippen molar-refractivity contribution in [3.05, 3.63) is 150 Å². The zero-order valence-corrected chi connectivity index (χ0v) is 49.6. The van der Waals surface area contributed by atoms with Crippen LogP contribution < -0.4 is 27.0 Å². The summed E-state index contributed by atoms with van der Waals surface area (Å²) in [5, 5.41) is 44.8. The molecule has 9 atom stereocenters. The van der Waals surface area contributed by atoms with E-state index in [1.165, 1.54) is 47.7 Å². The summed E-state index contributed by atoms with van der Waals surface area (Å²) in [7, 11) is 3.75. The van der Waals surface area contributed by atoms with Gasteiger partial charge >= 0.3 is 5.97 Å². The molecule has 84 heavy (non-hydrogen) atoms. The number of carboxylic acid groups (broad SMARTS) is 1. The van der Waals surface area contributed by atoms with Crippen LogP contribution in [0.2, 0.25) is 0 Å². The molecule has 1 fully saturated rings. The number of amides is 5. The van der Waals surface area contributed by atoms with Gasteiger partial charge < -0.3 is 47.2 Å². The molecule has 0 aromatic heterocycles. The maximum atomic E-state index is 15.2. The molecule has 5 amide bonds. The Labute approximate surface area is 498 Å². The molecule has 1 heterocycles. The molecule has 20 heteroatoms. The number of carboxylic acids is 1. The molecule has 0 aliphatic carbocycles. The number of hydrogen-bond acceptors (Lipinski definition) is 14. The Hall–Kier alpha value is -7.39. The van der Waals surface area contributed by atoms with Crippen LogP contribution in [-0.2, 0) is 57.6 Å². The highest BCUT2D eigenvalue weighted by Gasteiger charge is 2.39. The largest absolute Gasteiger partial charge is 0.508 e. The Balaban J connectivity index is 1.45. The van der Waals surface area contributed by atoms with Gasteiger partial charge in [0.25, 0.3) is 5.91 Å². The fourth-order valence-corrected chi connectivity index (χ4v) is 12.7. The predicted molar refractivity (Wildman–Crippen MR) is 326 cm³/mol. The third-order valence-corrected chi connectivity index (χ3v) is 17.6. The molecule has 5 aromatic carbocycles. The lowest BCUT2D eigenvalue weighted by molar-refractivity contribution is -0.143. The van der Waals surface area contributed by atoms with Crippen molar-refractivity contribution in [3.63, 3.8) is 0 Å². The van der Waals surface area contributed by atoms with Gasteiger partial charge in [-0.2, -0.15) is 0 Å². The van der Waals surface area contributed by atoms with Crippen LogP contribution in [0.4, 0.5) is 0 Å². The van der Waals surface area contributed by atoms with Crippen LogP contribution in [0.1, 0.15) is 92.8 Å². The van der Waals surface area contributed by atoms with Crippen LogP contribution in [0.25, 0.3) is 10.8 Å². The SMILES string of the molecule is CC(C)C[C@@H]1CSSC[C@@H](C(=O)O)CC(=O)[C@H](Cc2ccccc2)NC(=O)[C@H](C(C)O)CC(=O)[C@H](CCCCN)NC(=O)[C@@H](N(C)C(=O)c2ccc3ccccc3c2)CC(=O)[C@H](Cc2ccc(O)cc2)NC(=O)[C@H](Cc2ccccc2)NC1=O. The van der Waals surface area contributed by atoms with Gasteiger partial charge in [0.05, 0.1) is 36.1 Å². The molecule has 6 rings (SSSR count). The van der Waals surface area contributed by atoms with Crippen molar-refractivity contribution in [1.82, 2.24) is 26.2 Å². The van der Waals surface area contributed by atoms with Crippen molar-refractivity contribution in [2.75, 3.05) is 25.1 Å². The molecule has 1 aliphatic rings. The fourth-order valence-electron chi connectivity index (χ4n) is 10.1. The molecular weight excluding hydrogens is 1110 g/mol. The molecule has 1 unspecified atom stereocenters. The lowest BCUT2D eigenvalue weighted by atomic mass is 9.90. The second kappa shape index (κ2) is 32.6. The summed E-state index contributed by atoms with van der Waals surface area (Å²) >= 11 is 0. The Bertz CT molecular complexity index is 3060. The lowest BCUT2D eigenvalue weighted by Gasteiger charge is -2.31. The van der Waals surface area contributed by atoms with E-state index in [1.807, 2.05) is 38.1 Å². The smallest absolute Gasteiger partial charge is 0.307 e. The number of aromatic hydroxyl groups is 1. The number of carbonyl (C=O) groups excluding carboxylic acids is 8. The first-order valence-corrected chi connectivity index (χ1v) is 31.0. The number of nitrogens with two attached hydrogens (primary N) is 1. The number of unbranched alkanes of at least 4 members (excludes halogenated alkanes) is 1. The molecule has 0 bridgehead atoms. The second-order valence-corrected chi connectivity index (χ2v) is 24.6. The molecule has 0 saturated carbocycles. The number of ketones is 3. The van der Waals surface area contributed by atoms with Crippen molar-refractivity contribution >= 4 is 85.2 Å². The minimum absolute atomic E-state index is 0.00160. The van der Waals surface area contributed by atoms with Crippen molar-refractivity contribution < 1.29 is 58.5 Å². The highest BCUT2D eigenvalue weighted by atomic mass is 33.1. The van der Waals surface area contributed by atoms with Crippen molar-refractivity contribution in [3.8, 4) is 5.75 Å². The van der Waals surface area contributed by atoms with Crippen LogP contribution in [0.15, 0.2) is 127 Å². The van der Waals surface area contributed by atoms with Gasteiger partial charge in [-0.05, 0) is 110 Å². The second-order valence-electron chi connectivity index (χ2n) is 22.1. The Morgan fingerprint density at radius 3 is 1.71 bits per heavy atom. The number of fused-ring (bicyclic) bond motifs is 1. The van der Waals surface area contributed by atoms with Gasteiger partial charge in [0.15, 0.2) is 17.3 Å². The molecule has 1 saturated heterocycles. The number of hydrogen-bond donors (Lipinski definition) is 8. The molecule has 448 valence electrons. The summed E-state index contributed by atoms with van der Waals surface area (Å²) in [5.41, 5.74) is 7.89. The van der Waals surface area contributed by atoms with Crippen LogP contribution in [0.5, 0.6) is 5.75 Å². The van der Waals surface area contributed by atoms with E-state index in [0.717, 1.165) is 15.7 Å². The number of aliphatic hydroxyl groups excluding tert-OH is 1. The summed E-state index contributed by atoms with van der Waals surface area (Å²) < 4.78 is 0. The third kappa shape index (κ3) is 19.9. The van der Waals surface area contributed by atoms with Gasteiger partial charge in [-0.25, -0.2) is 0 Å². The molecule has 9 N–H and O–H groups in total. The van der Waals surface area contributed by atoms with Crippen LogP contribution in [0.3, 0.4) is 0 Å². The zero-order valence-electron chi connectivity index (χ0n) is 47.9. The number of benzene rings is 5. The summed E-state index contributed by atoms with van der Waals surface area (Å²) in [6.07, 6.45) is -2.40. The minimum atomic E-state index is -1.64. The Kier molecular flexibility index (Phi) is 25.5. The first-order valence-electron chi connectivity index (χ1n) is 28.5. The first kappa shape index (κ1) is 65.8. The van der Waals surface area contributed by atoms with Crippen molar-refractivity contribution in [1.29, 1.82) is 0 Å². The quantitative estimate of drug-likeness (QED) is 0.0391. The van der Waals surface area contributed by atoms with Crippen molar-refractivity contribution in [2.45, 2.75) is 121 Å². The summed E-state index contributed by atoms with van der Waals surface area (Å²) in [5.74, 6) is -10.2. The number of phenolic OH excluding ortho intramolecular Hbond substituents is 1. The number of aliphatic carboxylic acids is 1. The standard InChI is InChI=1S/C64H78N6O12S2/c1-39(2)29-47-37-83-84-38-48(64(81)82)34-56(73)52(30-41-15-7-5-8-16-41)67-60(77)50(40(3)71)35-57(74)51(21-13-14-28-65)66-62(79)55(70(4)63(80)46-25-24-44-19-11-12-20-45(44)33-46)36-58(75)53(31-43-22-26-49(72)27-23-43)68-61(78)54(69-59(47)76)32-42-17-9-6-10-18-42/h5-12,15-20,22-27,33,39-40,47-48,50-55,71-72H,13-14,21,28-32,34-38,65H2,1-4H3,(H,66,79)(H,67,77)(H,68,78)(H,69,76)(H,81,82)/t40?,47-,48+,50+,51+,52+,53+,54+,55+/m1/s1. The van der Waals surface area contributed by atoms with Gasteiger partial charge in [0.2, 0.25) is 23.6 Å². The van der Waals surface area contributed by atoms with E-state index < -0.39 is 126 Å². The zero-order chi connectivity index (χ0) is 60.9. The Morgan fingerprint density at radius 2 is 1.12 bits per heavy atom. The number of aliphatic hydroxyl groups is 1. The summed E-state index contributed by atoms with van der Waals surface area (Å²) in [4.78, 5) is 132. The van der Waals surface area contributed by atoms with Crippen LogP contribution >= 0.6 is 21.6 Å². The number of likely N-dealkylation sites (N-methyl/N-ethyl adjacent to an activating group) is 1. The van der Waals surface area contributed by atoms with Gasteiger partial charge in [-0.15, -0.1) is 0 Å². The maximum absolute atomic E-state index is 15.2. The van der Waals surface area contributed by atoms with Gasteiger partial charge in [-0.3, -0.25) is 43.2 Å². The number of Topliss-reactive ketones (excluding diaryl/α,β-unsaturated/α-hetero) is 3. The van der Waals surface area contributed by atoms with Gasteiger partial charge in [0.1, 0.15) is 17.8 Å². The van der Waals surface area contributed by atoms with Gasteiger partial charge in [-0.1, -0.05) is 139 Å². The minimum Gasteiger partial charge on any atom is -0.508 e. The summed E-state index contributed by atoms with van der Waals surface area (Å²) in [6, 6.07) is 29.0. The lowest BCUT2D eigenvalue weighted by Crippen LogP contribution is -2.56. The molecular formula is C64H78N6O12S2. The van der Waals surface area contributed by atoms with E-state index in [9.17, 15) is 48.9 Å². The van der Waals surface area contributed by atoms with Gasteiger partial charge in [0, 0.05) is 55.7 Å². The van der Waals surface area contributed by atoms with Crippen LogP contribution in [-0.4, -0.2) is 134 Å². The van der Waals surface area contributed by atoms with E-state index in [-0.39, 0.29) is 61.0 Å². The highest BCUT2D eigenvalue weighted by molar-refractivity contribution is 8.76.